The Bertz CT molecular complexity index is 719. The average Bonchev–Trinajstić information content (AvgIpc) is 2.97. The number of hydrogen-bond acceptors (Lipinski definition) is 4. The summed E-state index contributed by atoms with van der Waals surface area (Å²) in [6.45, 7) is 3.73. The molecule has 0 aliphatic carbocycles. The number of ether oxygens (including phenoxy) is 1. The lowest BCUT2D eigenvalue weighted by Gasteiger charge is -2.22. The molecule has 2 heterocycles. The SMILES string of the molecule is CN(C(=O)c1csc2ccccc12)C1CC(C)(C)OC1=O. The zero-order valence-electron chi connectivity index (χ0n) is 12.3. The molecule has 0 radical (unpaired) electrons. The maximum absolute atomic E-state index is 12.7. The molecule has 1 aromatic carbocycles. The maximum Gasteiger partial charge on any atom is 0.329 e. The van der Waals surface area contributed by atoms with Gasteiger partial charge in [-0.1, -0.05) is 18.2 Å². The standard InChI is InChI=1S/C16H17NO3S/c1-16(2)8-12(15(19)20-16)17(3)14(18)11-9-21-13-7-5-4-6-10(11)13/h4-7,9,12H,8H2,1-3H3. The first-order valence-electron chi connectivity index (χ1n) is 6.85. The van der Waals surface area contributed by atoms with E-state index < -0.39 is 11.6 Å². The topological polar surface area (TPSA) is 46.6 Å². The van der Waals surface area contributed by atoms with Crippen molar-refractivity contribution < 1.29 is 14.3 Å². The third-order valence-corrected chi connectivity index (χ3v) is 4.80. The predicted molar refractivity (Wildman–Crippen MR) is 82.5 cm³/mol. The highest BCUT2D eigenvalue weighted by Crippen LogP contribution is 2.31. The van der Waals surface area contributed by atoms with Crippen molar-refractivity contribution >= 4 is 33.3 Å². The first-order chi connectivity index (χ1) is 9.89. The van der Waals surface area contributed by atoms with Gasteiger partial charge in [0.25, 0.3) is 5.91 Å². The molecule has 2 aromatic rings. The molecule has 1 unspecified atom stereocenters. The number of hydrogen-bond donors (Lipinski definition) is 0. The smallest absolute Gasteiger partial charge is 0.329 e. The van der Waals surface area contributed by atoms with E-state index in [4.69, 9.17) is 4.74 Å². The van der Waals surface area contributed by atoms with E-state index >= 15 is 0 Å². The zero-order chi connectivity index (χ0) is 15.2. The van der Waals surface area contributed by atoms with Gasteiger partial charge in [-0.25, -0.2) is 4.79 Å². The summed E-state index contributed by atoms with van der Waals surface area (Å²) in [5.41, 5.74) is 0.142. The van der Waals surface area contributed by atoms with E-state index in [0.717, 1.165) is 10.1 Å². The lowest BCUT2D eigenvalue weighted by atomic mass is 10.0. The lowest BCUT2D eigenvalue weighted by Crippen LogP contribution is -2.40. The first kappa shape index (κ1) is 14.1. The van der Waals surface area contributed by atoms with Gasteiger partial charge < -0.3 is 9.64 Å². The van der Waals surface area contributed by atoms with Gasteiger partial charge >= 0.3 is 5.97 Å². The number of likely N-dealkylation sites (N-methyl/N-ethyl adjacent to an activating group) is 1. The van der Waals surface area contributed by atoms with Gasteiger partial charge in [0.05, 0.1) is 5.56 Å². The third-order valence-electron chi connectivity index (χ3n) is 3.83. The molecule has 0 bridgehead atoms. The Balaban J connectivity index is 1.90. The fraction of sp³-hybridized carbons (Fsp3) is 0.375. The number of carbonyl (C=O) groups excluding carboxylic acids is 2. The summed E-state index contributed by atoms with van der Waals surface area (Å²) in [7, 11) is 1.67. The van der Waals surface area contributed by atoms with Crippen LogP contribution in [0.15, 0.2) is 29.6 Å². The lowest BCUT2D eigenvalue weighted by molar-refractivity contribution is -0.148. The van der Waals surface area contributed by atoms with Crippen LogP contribution in [0.5, 0.6) is 0 Å². The highest BCUT2D eigenvalue weighted by Gasteiger charge is 2.43. The number of cyclic esters (lactones) is 1. The van der Waals surface area contributed by atoms with Crippen LogP contribution in [0.25, 0.3) is 10.1 Å². The molecule has 4 nitrogen and oxygen atoms in total. The van der Waals surface area contributed by atoms with Crippen LogP contribution in [0.3, 0.4) is 0 Å². The Morgan fingerprint density at radius 3 is 2.76 bits per heavy atom. The number of fused-ring (bicyclic) bond motifs is 1. The van der Waals surface area contributed by atoms with Gasteiger partial charge in [0, 0.05) is 28.9 Å². The number of nitrogens with zero attached hydrogens (tertiary/aromatic N) is 1. The van der Waals surface area contributed by atoms with Crippen molar-refractivity contribution in [3.05, 3.63) is 35.2 Å². The van der Waals surface area contributed by atoms with Crippen molar-refractivity contribution in [2.24, 2.45) is 0 Å². The molecule has 1 fully saturated rings. The van der Waals surface area contributed by atoms with Crippen LogP contribution in [0.1, 0.15) is 30.6 Å². The first-order valence-corrected chi connectivity index (χ1v) is 7.73. The van der Waals surface area contributed by atoms with E-state index in [1.807, 2.05) is 43.5 Å². The van der Waals surface area contributed by atoms with E-state index in [-0.39, 0.29) is 11.9 Å². The molecule has 21 heavy (non-hydrogen) atoms. The average molecular weight is 303 g/mol. The molecule has 3 rings (SSSR count). The van der Waals surface area contributed by atoms with Crippen LogP contribution in [0.4, 0.5) is 0 Å². The Labute approximate surface area is 127 Å². The molecule has 110 valence electrons. The Hall–Kier alpha value is -1.88. The Morgan fingerprint density at radius 1 is 1.38 bits per heavy atom. The van der Waals surface area contributed by atoms with Crippen LogP contribution in [-0.4, -0.2) is 35.5 Å². The fourth-order valence-corrected chi connectivity index (χ4v) is 3.64. The summed E-state index contributed by atoms with van der Waals surface area (Å²) < 4.78 is 6.38. The molecule has 0 spiro atoms. The van der Waals surface area contributed by atoms with E-state index in [2.05, 4.69) is 0 Å². The van der Waals surface area contributed by atoms with Gasteiger partial charge in [0.15, 0.2) is 0 Å². The van der Waals surface area contributed by atoms with Crippen LogP contribution in [-0.2, 0) is 9.53 Å². The minimum absolute atomic E-state index is 0.132. The molecule has 0 N–H and O–H groups in total. The van der Waals surface area contributed by atoms with Gasteiger partial charge in [0.1, 0.15) is 11.6 Å². The molecule has 0 saturated carbocycles. The second-order valence-corrected chi connectivity index (χ2v) is 6.87. The van der Waals surface area contributed by atoms with Crippen molar-refractivity contribution in [2.45, 2.75) is 31.9 Å². The highest BCUT2D eigenvalue weighted by molar-refractivity contribution is 7.17. The minimum atomic E-state index is -0.508. The highest BCUT2D eigenvalue weighted by atomic mass is 32.1. The number of esters is 1. The van der Waals surface area contributed by atoms with Crippen molar-refractivity contribution in [3.8, 4) is 0 Å². The number of amides is 1. The van der Waals surface area contributed by atoms with E-state index in [1.54, 1.807) is 7.05 Å². The van der Waals surface area contributed by atoms with Gasteiger partial charge in [-0.05, 0) is 19.9 Å². The summed E-state index contributed by atoms with van der Waals surface area (Å²) in [5, 5.41) is 2.79. The summed E-state index contributed by atoms with van der Waals surface area (Å²) in [4.78, 5) is 26.1. The van der Waals surface area contributed by atoms with E-state index in [0.29, 0.717) is 12.0 Å². The fourth-order valence-electron chi connectivity index (χ4n) is 2.70. The van der Waals surface area contributed by atoms with Crippen LogP contribution in [0.2, 0.25) is 0 Å². The van der Waals surface area contributed by atoms with E-state index in [9.17, 15) is 9.59 Å². The van der Waals surface area contributed by atoms with Crippen LogP contribution >= 0.6 is 11.3 Å². The molecule has 5 heteroatoms. The second kappa shape index (κ2) is 4.84. The van der Waals surface area contributed by atoms with Gasteiger partial charge in [0.2, 0.25) is 0 Å². The number of benzene rings is 1. The molecular weight excluding hydrogens is 286 g/mol. The molecular formula is C16H17NO3S. The van der Waals surface area contributed by atoms with Crippen molar-refractivity contribution in [3.63, 3.8) is 0 Å². The number of thiophene rings is 1. The Morgan fingerprint density at radius 2 is 2.10 bits per heavy atom. The predicted octanol–water partition coefficient (Wildman–Crippen LogP) is 3.07. The maximum atomic E-state index is 12.7. The summed E-state index contributed by atoms with van der Waals surface area (Å²) in [6, 6.07) is 7.28. The third kappa shape index (κ3) is 2.42. The number of carbonyl (C=O) groups is 2. The molecule has 1 aliphatic heterocycles. The van der Waals surface area contributed by atoms with E-state index in [1.165, 1.54) is 16.2 Å². The number of rotatable bonds is 2. The molecule has 1 amide bonds. The molecule has 1 aromatic heterocycles. The summed E-state index contributed by atoms with van der Waals surface area (Å²) in [6.07, 6.45) is 0.524. The van der Waals surface area contributed by atoms with Crippen molar-refractivity contribution in [1.82, 2.24) is 4.90 Å². The van der Waals surface area contributed by atoms with Gasteiger partial charge in [-0.15, -0.1) is 11.3 Å². The Kier molecular flexibility index (Phi) is 3.24. The van der Waals surface area contributed by atoms with Gasteiger partial charge in [-0.3, -0.25) is 4.79 Å². The van der Waals surface area contributed by atoms with Crippen LogP contribution < -0.4 is 0 Å². The normalized spacial score (nSPS) is 20.5. The summed E-state index contributed by atoms with van der Waals surface area (Å²) in [5.74, 6) is -0.456. The molecule has 1 atom stereocenters. The van der Waals surface area contributed by atoms with Crippen molar-refractivity contribution in [1.29, 1.82) is 0 Å². The molecule has 1 saturated heterocycles. The largest absolute Gasteiger partial charge is 0.458 e. The van der Waals surface area contributed by atoms with Crippen molar-refractivity contribution in [2.75, 3.05) is 7.05 Å². The van der Waals surface area contributed by atoms with Gasteiger partial charge in [-0.2, -0.15) is 0 Å². The van der Waals surface area contributed by atoms with Crippen LogP contribution in [0, 0.1) is 0 Å². The minimum Gasteiger partial charge on any atom is -0.458 e. The monoisotopic (exact) mass is 303 g/mol. The molecule has 1 aliphatic rings. The zero-order valence-corrected chi connectivity index (χ0v) is 13.1. The quantitative estimate of drug-likeness (QED) is 0.801. The summed E-state index contributed by atoms with van der Waals surface area (Å²) >= 11 is 1.54. The second-order valence-electron chi connectivity index (χ2n) is 5.96.